The van der Waals surface area contributed by atoms with Crippen LogP contribution in [0.2, 0.25) is 0 Å². The number of nitrogens with one attached hydrogen (secondary N) is 1. The van der Waals surface area contributed by atoms with Crippen LogP contribution in [0.3, 0.4) is 0 Å². The number of benzene rings is 1. The van der Waals surface area contributed by atoms with Crippen molar-refractivity contribution >= 4 is 23.5 Å². The Balaban J connectivity index is 1.61. The topological polar surface area (TPSA) is 99.6 Å². The molecule has 0 saturated carbocycles. The molecule has 1 aliphatic heterocycles. The van der Waals surface area contributed by atoms with Crippen molar-refractivity contribution in [3.8, 4) is 0 Å². The summed E-state index contributed by atoms with van der Waals surface area (Å²) in [7, 11) is 0. The molecule has 1 fully saturated rings. The van der Waals surface area contributed by atoms with E-state index in [2.05, 4.69) is 10.3 Å². The Hall–Kier alpha value is -3.29. The van der Waals surface area contributed by atoms with E-state index < -0.39 is 24.1 Å². The summed E-state index contributed by atoms with van der Waals surface area (Å²) < 4.78 is 14.4. The molecule has 1 aromatic carbocycles. The van der Waals surface area contributed by atoms with E-state index >= 15 is 0 Å². The van der Waals surface area contributed by atoms with Gasteiger partial charge in [-0.05, 0) is 48.7 Å². The van der Waals surface area contributed by atoms with Gasteiger partial charge in [0.05, 0.1) is 13.0 Å². The zero-order valence-electron chi connectivity index (χ0n) is 15.1. The van der Waals surface area contributed by atoms with Crippen LogP contribution in [0.5, 0.6) is 0 Å². The number of piperidine rings is 1. The van der Waals surface area contributed by atoms with Crippen molar-refractivity contribution in [3.63, 3.8) is 0 Å². The predicted molar refractivity (Wildman–Crippen MR) is 99.6 cm³/mol. The zero-order valence-corrected chi connectivity index (χ0v) is 15.1. The Morgan fingerprint density at radius 2 is 1.96 bits per heavy atom. The number of anilines is 1. The van der Waals surface area contributed by atoms with Crippen molar-refractivity contribution in [2.45, 2.75) is 24.9 Å². The van der Waals surface area contributed by atoms with E-state index in [4.69, 9.17) is 5.11 Å². The van der Waals surface area contributed by atoms with Crippen LogP contribution in [0.4, 0.5) is 10.1 Å². The number of amides is 2. The normalized spacial score (nSPS) is 19.1. The molecule has 2 heterocycles. The first-order chi connectivity index (χ1) is 13.4. The molecule has 7 nitrogen and oxygen atoms in total. The number of alkyl halides is 1. The number of rotatable bonds is 5. The van der Waals surface area contributed by atoms with E-state index in [1.54, 1.807) is 36.7 Å². The van der Waals surface area contributed by atoms with Gasteiger partial charge in [-0.2, -0.15) is 0 Å². The molecule has 0 spiro atoms. The number of carbonyl (C=O) groups excluding carboxylic acids is 2. The summed E-state index contributed by atoms with van der Waals surface area (Å²) in [5.74, 6) is -2.19. The van der Waals surface area contributed by atoms with Crippen LogP contribution in [0.25, 0.3) is 0 Å². The van der Waals surface area contributed by atoms with Crippen LogP contribution >= 0.6 is 0 Å². The van der Waals surface area contributed by atoms with E-state index in [1.165, 1.54) is 17.0 Å². The molecule has 8 heteroatoms. The molecule has 3 rings (SSSR count). The summed E-state index contributed by atoms with van der Waals surface area (Å²) >= 11 is 0. The number of aliphatic carboxylic acids is 1. The Morgan fingerprint density at radius 1 is 1.21 bits per heavy atom. The Kier molecular flexibility index (Phi) is 5.67. The van der Waals surface area contributed by atoms with Crippen LogP contribution in [0, 0.1) is 0 Å². The Morgan fingerprint density at radius 3 is 2.61 bits per heavy atom. The minimum atomic E-state index is -2.41. The molecule has 2 N–H and O–H groups in total. The van der Waals surface area contributed by atoms with Gasteiger partial charge < -0.3 is 15.3 Å². The molecule has 0 bridgehead atoms. The number of carbonyl (C=O) groups is 3. The fourth-order valence-electron chi connectivity index (χ4n) is 3.13. The average Bonchev–Trinajstić information content (AvgIpc) is 2.68. The van der Waals surface area contributed by atoms with Gasteiger partial charge >= 0.3 is 5.97 Å². The molecule has 1 unspecified atom stereocenters. The van der Waals surface area contributed by atoms with Crippen LogP contribution in [-0.4, -0.2) is 51.5 Å². The second-order valence-corrected chi connectivity index (χ2v) is 6.76. The summed E-state index contributed by atoms with van der Waals surface area (Å²) in [6.07, 6.45) is 3.60. The van der Waals surface area contributed by atoms with Gasteiger partial charge in [0.1, 0.15) is 0 Å². The molecule has 2 aromatic rings. The standard InChI is InChI=1S/C20H20FN3O4/c21-20(19(27)28)8-2-10-24(13-20)18(26)15-4-6-16(7-5-15)23-17(25)11-14-3-1-9-22-12-14/h1,3-7,9,12H,2,8,10-11,13H2,(H,23,25)(H,27,28). The van der Waals surface area contributed by atoms with Crippen molar-refractivity contribution < 1.29 is 23.9 Å². The minimum absolute atomic E-state index is 0.103. The van der Waals surface area contributed by atoms with E-state index in [-0.39, 0.29) is 25.2 Å². The summed E-state index contributed by atoms with van der Waals surface area (Å²) in [4.78, 5) is 40.9. The SMILES string of the molecule is O=C(Cc1cccnc1)Nc1ccc(C(=O)N2CCCC(F)(C(=O)O)C2)cc1. The maximum Gasteiger partial charge on any atom is 0.343 e. The number of halogens is 1. The molecule has 0 radical (unpaired) electrons. The third kappa shape index (κ3) is 4.51. The number of nitrogens with zero attached hydrogens (tertiary/aromatic N) is 2. The third-order valence-corrected chi connectivity index (χ3v) is 4.62. The van der Waals surface area contributed by atoms with Crippen LogP contribution in [-0.2, 0) is 16.0 Å². The van der Waals surface area contributed by atoms with Crippen molar-refractivity contribution in [1.82, 2.24) is 9.88 Å². The van der Waals surface area contributed by atoms with Crippen molar-refractivity contribution in [1.29, 1.82) is 0 Å². The number of aromatic nitrogens is 1. The van der Waals surface area contributed by atoms with Crippen LogP contribution < -0.4 is 5.32 Å². The first-order valence-corrected chi connectivity index (χ1v) is 8.88. The highest BCUT2D eigenvalue weighted by molar-refractivity contribution is 5.96. The lowest BCUT2D eigenvalue weighted by molar-refractivity contribution is -0.154. The summed E-state index contributed by atoms with van der Waals surface area (Å²) in [5.41, 5.74) is -0.798. The van der Waals surface area contributed by atoms with Gasteiger partial charge in [-0.3, -0.25) is 14.6 Å². The number of likely N-dealkylation sites (tertiary alicyclic amines) is 1. The highest BCUT2D eigenvalue weighted by atomic mass is 19.1. The van der Waals surface area contributed by atoms with E-state index in [0.29, 0.717) is 17.8 Å². The van der Waals surface area contributed by atoms with E-state index in [9.17, 15) is 18.8 Å². The van der Waals surface area contributed by atoms with Gasteiger partial charge in [-0.25, -0.2) is 9.18 Å². The van der Waals surface area contributed by atoms with E-state index in [1.807, 2.05) is 0 Å². The van der Waals surface area contributed by atoms with Crippen LogP contribution in [0.15, 0.2) is 48.8 Å². The van der Waals surface area contributed by atoms with Gasteiger partial charge in [0.25, 0.3) is 5.91 Å². The molecular weight excluding hydrogens is 365 g/mol. The second kappa shape index (κ2) is 8.16. The second-order valence-electron chi connectivity index (χ2n) is 6.76. The highest BCUT2D eigenvalue weighted by Gasteiger charge is 2.44. The van der Waals surface area contributed by atoms with Gasteiger partial charge in [-0.15, -0.1) is 0 Å². The molecule has 0 aliphatic carbocycles. The van der Waals surface area contributed by atoms with Crippen molar-refractivity contribution in [2.75, 3.05) is 18.4 Å². The highest BCUT2D eigenvalue weighted by Crippen LogP contribution is 2.27. The molecule has 1 saturated heterocycles. The first-order valence-electron chi connectivity index (χ1n) is 8.88. The number of carboxylic acids is 1. The zero-order chi connectivity index (χ0) is 20.1. The Labute approximate surface area is 161 Å². The average molecular weight is 385 g/mol. The molecular formula is C20H20FN3O4. The number of pyridine rings is 1. The third-order valence-electron chi connectivity index (χ3n) is 4.62. The number of hydrogen-bond donors (Lipinski definition) is 2. The quantitative estimate of drug-likeness (QED) is 0.823. The molecule has 1 aliphatic rings. The van der Waals surface area contributed by atoms with Gasteiger partial charge in [-0.1, -0.05) is 6.07 Å². The van der Waals surface area contributed by atoms with Crippen molar-refractivity contribution in [3.05, 3.63) is 59.9 Å². The molecule has 146 valence electrons. The van der Waals surface area contributed by atoms with Gasteiger partial charge in [0.15, 0.2) is 0 Å². The minimum Gasteiger partial charge on any atom is -0.479 e. The fourth-order valence-corrected chi connectivity index (χ4v) is 3.13. The first kappa shape index (κ1) is 19.5. The summed E-state index contributed by atoms with van der Waals surface area (Å²) in [6, 6.07) is 9.76. The Bertz CT molecular complexity index is 873. The molecule has 1 atom stereocenters. The maximum absolute atomic E-state index is 14.4. The monoisotopic (exact) mass is 385 g/mol. The predicted octanol–water partition coefficient (Wildman–Crippen LogP) is 2.29. The van der Waals surface area contributed by atoms with E-state index in [0.717, 1.165) is 5.56 Å². The van der Waals surface area contributed by atoms with Gasteiger partial charge in [0.2, 0.25) is 11.6 Å². The molecule has 1 aromatic heterocycles. The van der Waals surface area contributed by atoms with Crippen LogP contribution in [0.1, 0.15) is 28.8 Å². The van der Waals surface area contributed by atoms with Crippen molar-refractivity contribution in [2.24, 2.45) is 0 Å². The van der Waals surface area contributed by atoms with Gasteiger partial charge in [0, 0.05) is 30.2 Å². The number of hydrogen-bond acceptors (Lipinski definition) is 4. The maximum atomic E-state index is 14.4. The summed E-state index contributed by atoms with van der Waals surface area (Å²) in [6.45, 7) is -0.161. The number of carboxylic acid groups (broad SMARTS) is 1. The fraction of sp³-hybridized carbons (Fsp3) is 0.300. The lowest BCUT2D eigenvalue weighted by atomic mass is 9.94. The lowest BCUT2D eigenvalue weighted by Crippen LogP contribution is -2.52. The lowest BCUT2D eigenvalue weighted by Gasteiger charge is -2.34. The molecule has 28 heavy (non-hydrogen) atoms. The molecule has 2 amide bonds. The largest absolute Gasteiger partial charge is 0.479 e. The summed E-state index contributed by atoms with van der Waals surface area (Å²) in [5, 5.41) is 11.8. The smallest absolute Gasteiger partial charge is 0.343 e.